The number of fused-ring (bicyclic) bond motifs is 1. The molecule has 90 valence electrons. The van der Waals surface area contributed by atoms with Crippen molar-refractivity contribution in [2.75, 3.05) is 0 Å². The van der Waals surface area contributed by atoms with Gasteiger partial charge in [-0.2, -0.15) is 5.10 Å². The van der Waals surface area contributed by atoms with E-state index in [-0.39, 0.29) is 5.56 Å². The summed E-state index contributed by atoms with van der Waals surface area (Å²) >= 11 is 0. The summed E-state index contributed by atoms with van der Waals surface area (Å²) in [6.45, 7) is 1.82. The lowest BCUT2D eigenvalue weighted by atomic mass is 10.3. The molecule has 0 bridgehead atoms. The van der Waals surface area contributed by atoms with Crippen molar-refractivity contribution in [1.29, 1.82) is 0 Å². The van der Waals surface area contributed by atoms with Crippen LogP contribution in [0.1, 0.15) is 5.82 Å². The molecule has 0 saturated carbocycles. The average Bonchev–Trinajstić information content (AvgIpc) is 2.73. The van der Waals surface area contributed by atoms with Gasteiger partial charge >= 0.3 is 0 Å². The fraction of sp³-hybridized carbons (Fsp3) is 0.154. The molecule has 0 N–H and O–H groups in total. The van der Waals surface area contributed by atoms with Crippen LogP contribution in [-0.2, 0) is 7.05 Å². The molecule has 3 rings (SSSR count). The Kier molecular flexibility index (Phi) is 2.26. The highest BCUT2D eigenvalue weighted by molar-refractivity contribution is 5.73. The molecule has 5 nitrogen and oxygen atoms in total. The zero-order valence-corrected chi connectivity index (χ0v) is 10.2. The van der Waals surface area contributed by atoms with Crippen LogP contribution < -0.4 is 5.56 Å². The van der Waals surface area contributed by atoms with Gasteiger partial charge in [0.25, 0.3) is 5.56 Å². The summed E-state index contributed by atoms with van der Waals surface area (Å²) in [5.41, 5.74) is 1.35. The average molecular weight is 240 g/mol. The molecule has 2 aromatic heterocycles. The van der Waals surface area contributed by atoms with E-state index >= 15 is 0 Å². The van der Waals surface area contributed by atoms with E-state index in [1.165, 1.54) is 0 Å². The second-order valence-corrected chi connectivity index (χ2v) is 4.14. The van der Waals surface area contributed by atoms with Crippen LogP contribution in [0.2, 0.25) is 0 Å². The first-order valence-corrected chi connectivity index (χ1v) is 5.65. The number of nitrogens with zero attached hydrogens (tertiary/aromatic N) is 4. The second-order valence-electron chi connectivity index (χ2n) is 4.14. The Labute approximate surface area is 103 Å². The Morgan fingerprint density at radius 3 is 2.61 bits per heavy atom. The summed E-state index contributed by atoms with van der Waals surface area (Å²) in [6, 6.07) is 9.49. The fourth-order valence-corrected chi connectivity index (χ4v) is 2.07. The van der Waals surface area contributed by atoms with Crippen LogP contribution in [0.3, 0.4) is 0 Å². The first kappa shape index (κ1) is 10.7. The van der Waals surface area contributed by atoms with Crippen LogP contribution in [0, 0.1) is 6.92 Å². The van der Waals surface area contributed by atoms with Gasteiger partial charge in [-0.25, -0.2) is 4.98 Å². The second kappa shape index (κ2) is 3.80. The Bertz CT molecular complexity index is 771. The van der Waals surface area contributed by atoms with Crippen LogP contribution in [-0.4, -0.2) is 19.3 Å². The van der Waals surface area contributed by atoms with Crippen molar-refractivity contribution in [3.05, 3.63) is 52.7 Å². The number of aryl methyl sites for hydroxylation is 2. The van der Waals surface area contributed by atoms with Gasteiger partial charge in [-0.15, -0.1) is 0 Å². The minimum Gasteiger partial charge on any atom is -0.268 e. The van der Waals surface area contributed by atoms with Gasteiger partial charge in [-0.3, -0.25) is 14.0 Å². The highest BCUT2D eigenvalue weighted by atomic mass is 16.1. The molecule has 0 unspecified atom stereocenters. The molecular weight excluding hydrogens is 228 g/mol. The van der Waals surface area contributed by atoms with Crippen molar-refractivity contribution in [1.82, 2.24) is 19.3 Å². The summed E-state index contributed by atoms with van der Waals surface area (Å²) in [5, 5.41) is 4.61. The molecule has 0 fully saturated rings. The van der Waals surface area contributed by atoms with Crippen molar-refractivity contribution in [3.63, 3.8) is 0 Å². The first-order chi connectivity index (χ1) is 8.68. The molecule has 0 saturated heterocycles. The zero-order chi connectivity index (χ0) is 12.7. The predicted octanol–water partition coefficient (Wildman–Crippen LogP) is 1.43. The molecule has 0 radical (unpaired) electrons. The largest absolute Gasteiger partial charge is 0.269 e. The van der Waals surface area contributed by atoms with Gasteiger partial charge in [0.1, 0.15) is 11.2 Å². The number of rotatable bonds is 1. The molecule has 0 aliphatic heterocycles. The lowest BCUT2D eigenvalue weighted by Gasteiger charge is -2.09. The lowest BCUT2D eigenvalue weighted by molar-refractivity contribution is 0.777. The third-order valence-corrected chi connectivity index (χ3v) is 2.95. The third kappa shape index (κ3) is 1.44. The Morgan fingerprint density at radius 1 is 1.17 bits per heavy atom. The van der Waals surface area contributed by atoms with E-state index in [1.54, 1.807) is 22.5 Å². The SMILES string of the molecule is Cc1nc2c(cnn2C)c(=O)n1-c1ccccc1. The molecule has 5 heteroatoms. The maximum Gasteiger partial charge on any atom is 0.269 e. The van der Waals surface area contributed by atoms with Gasteiger partial charge < -0.3 is 0 Å². The van der Waals surface area contributed by atoms with E-state index in [0.29, 0.717) is 16.9 Å². The van der Waals surface area contributed by atoms with Gasteiger partial charge in [-0.05, 0) is 19.1 Å². The lowest BCUT2D eigenvalue weighted by Crippen LogP contribution is -2.22. The van der Waals surface area contributed by atoms with E-state index in [2.05, 4.69) is 10.1 Å². The molecule has 0 spiro atoms. The van der Waals surface area contributed by atoms with E-state index in [1.807, 2.05) is 37.3 Å². The van der Waals surface area contributed by atoms with E-state index < -0.39 is 0 Å². The summed E-state index contributed by atoms with van der Waals surface area (Å²) in [6.07, 6.45) is 1.56. The Hall–Kier alpha value is -2.43. The van der Waals surface area contributed by atoms with Crippen LogP contribution in [0.15, 0.2) is 41.3 Å². The van der Waals surface area contributed by atoms with Crippen LogP contribution in [0.4, 0.5) is 0 Å². The topological polar surface area (TPSA) is 52.7 Å². The maximum absolute atomic E-state index is 12.4. The van der Waals surface area contributed by atoms with Crippen LogP contribution in [0.25, 0.3) is 16.7 Å². The minimum absolute atomic E-state index is 0.0863. The quantitative estimate of drug-likeness (QED) is 0.646. The van der Waals surface area contributed by atoms with E-state index in [4.69, 9.17) is 0 Å². The standard InChI is InChI=1S/C13H12N4O/c1-9-15-12-11(8-14-16(12)2)13(18)17(9)10-6-4-3-5-7-10/h3-8H,1-2H3. The van der Waals surface area contributed by atoms with Crippen molar-refractivity contribution in [2.45, 2.75) is 6.92 Å². The molecule has 0 atom stereocenters. The summed E-state index contributed by atoms with van der Waals surface area (Å²) in [7, 11) is 1.78. The van der Waals surface area contributed by atoms with Gasteiger partial charge in [0, 0.05) is 7.05 Å². The van der Waals surface area contributed by atoms with Gasteiger partial charge in [0.15, 0.2) is 5.65 Å². The monoisotopic (exact) mass is 240 g/mol. The molecule has 0 aliphatic carbocycles. The van der Waals surface area contributed by atoms with Gasteiger partial charge in [0.2, 0.25) is 0 Å². The molecule has 18 heavy (non-hydrogen) atoms. The highest BCUT2D eigenvalue weighted by Crippen LogP contribution is 2.11. The minimum atomic E-state index is -0.0863. The third-order valence-electron chi connectivity index (χ3n) is 2.95. The van der Waals surface area contributed by atoms with Crippen molar-refractivity contribution in [3.8, 4) is 5.69 Å². The van der Waals surface area contributed by atoms with Crippen molar-refractivity contribution >= 4 is 11.0 Å². The van der Waals surface area contributed by atoms with Crippen LogP contribution in [0.5, 0.6) is 0 Å². The molecule has 0 aliphatic rings. The molecule has 2 heterocycles. The number of para-hydroxylation sites is 1. The fourth-order valence-electron chi connectivity index (χ4n) is 2.07. The Balaban J connectivity index is 2.41. The molecule has 0 amide bonds. The smallest absolute Gasteiger partial charge is 0.268 e. The van der Waals surface area contributed by atoms with E-state index in [0.717, 1.165) is 5.69 Å². The van der Waals surface area contributed by atoms with Crippen LogP contribution >= 0.6 is 0 Å². The molecule has 1 aromatic carbocycles. The summed E-state index contributed by atoms with van der Waals surface area (Å²) in [5.74, 6) is 0.655. The molecule has 3 aromatic rings. The number of hydrogen-bond acceptors (Lipinski definition) is 3. The van der Waals surface area contributed by atoms with Crippen molar-refractivity contribution in [2.24, 2.45) is 7.05 Å². The summed E-state index contributed by atoms with van der Waals surface area (Å²) < 4.78 is 3.21. The Morgan fingerprint density at radius 2 is 1.89 bits per heavy atom. The normalized spacial score (nSPS) is 11.0. The van der Waals surface area contributed by atoms with Gasteiger partial charge in [-0.1, -0.05) is 18.2 Å². The maximum atomic E-state index is 12.4. The summed E-state index contributed by atoms with van der Waals surface area (Å²) in [4.78, 5) is 16.9. The van der Waals surface area contributed by atoms with E-state index in [9.17, 15) is 4.79 Å². The highest BCUT2D eigenvalue weighted by Gasteiger charge is 2.12. The van der Waals surface area contributed by atoms with Gasteiger partial charge in [0.05, 0.1) is 11.9 Å². The first-order valence-electron chi connectivity index (χ1n) is 5.65. The number of hydrogen-bond donors (Lipinski definition) is 0. The number of benzene rings is 1. The molecular formula is C13H12N4O. The number of aromatic nitrogens is 4. The predicted molar refractivity (Wildman–Crippen MR) is 68.8 cm³/mol. The van der Waals surface area contributed by atoms with Crippen molar-refractivity contribution < 1.29 is 0 Å². The zero-order valence-electron chi connectivity index (χ0n) is 10.2.